The van der Waals surface area contributed by atoms with E-state index in [2.05, 4.69) is 11.2 Å². The van der Waals surface area contributed by atoms with Crippen LogP contribution in [0.5, 0.6) is 0 Å². The number of benzene rings is 1. The van der Waals surface area contributed by atoms with E-state index in [-0.39, 0.29) is 17.2 Å². The van der Waals surface area contributed by atoms with Crippen LogP contribution in [-0.4, -0.2) is 28.3 Å². The molecule has 0 spiro atoms. The van der Waals surface area contributed by atoms with Crippen molar-refractivity contribution in [3.8, 4) is 12.3 Å². The van der Waals surface area contributed by atoms with Crippen LogP contribution in [-0.2, 0) is 4.79 Å². The molecule has 0 atom stereocenters. The zero-order valence-electron chi connectivity index (χ0n) is 12.2. The lowest BCUT2D eigenvalue weighted by Gasteiger charge is -2.26. The van der Waals surface area contributed by atoms with E-state index in [1.54, 1.807) is 12.1 Å². The highest BCUT2D eigenvalue weighted by Crippen LogP contribution is 2.19. The number of carboxylic acid groups (broad SMARTS) is 1. The van der Waals surface area contributed by atoms with E-state index in [9.17, 15) is 9.59 Å². The topological polar surface area (TPSA) is 66.4 Å². The zero-order chi connectivity index (χ0) is 15.9. The third kappa shape index (κ3) is 4.83. The monoisotopic (exact) mass is 305 g/mol. The maximum Gasteiger partial charge on any atom is 0.335 e. The number of hydrogen-bond acceptors (Lipinski definition) is 3. The normalized spacial score (nSPS) is 10.7. The number of carbonyl (C=O) groups excluding carboxylic acids is 1. The van der Waals surface area contributed by atoms with Gasteiger partial charge in [0, 0.05) is 4.90 Å². The molecule has 0 bridgehead atoms. The van der Waals surface area contributed by atoms with Crippen molar-refractivity contribution >= 4 is 23.6 Å². The first-order valence-electron chi connectivity index (χ1n) is 6.71. The summed E-state index contributed by atoms with van der Waals surface area (Å²) in [7, 11) is 0. The van der Waals surface area contributed by atoms with Crippen molar-refractivity contribution in [2.24, 2.45) is 0 Å². The van der Waals surface area contributed by atoms with Crippen molar-refractivity contribution in [1.82, 2.24) is 5.32 Å². The van der Waals surface area contributed by atoms with Crippen LogP contribution in [0.4, 0.5) is 0 Å². The molecular weight excluding hydrogens is 286 g/mol. The Bertz CT molecular complexity index is 542. The summed E-state index contributed by atoms with van der Waals surface area (Å²) in [5.74, 6) is 1.82. The highest BCUT2D eigenvalue weighted by Gasteiger charge is 2.24. The second-order valence-electron chi connectivity index (χ2n) is 4.60. The molecule has 1 aromatic rings. The highest BCUT2D eigenvalue weighted by molar-refractivity contribution is 8.00. The fourth-order valence-electron chi connectivity index (χ4n) is 1.81. The Balaban J connectivity index is 2.57. The van der Waals surface area contributed by atoms with Gasteiger partial charge in [0.2, 0.25) is 5.91 Å². The van der Waals surface area contributed by atoms with Crippen LogP contribution < -0.4 is 5.32 Å². The molecule has 0 aromatic heterocycles. The molecule has 112 valence electrons. The van der Waals surface area contributed by atoms with Crippen molar-refractivity contribution in [2.45, 2.75) is 37.1 Å². The summed E-state index contributed by atoms with van der Waals surface area (Å²) in [6.07, 6.45) is 6.87. The molecule has 0 aliphatic carbocycles. The zero-order valence-corrected chi connectivity index (χ0v) is 13.0. The van der Waals surface area contributed by atoms with Gasteiger partial charge in [0.15, 0.2) is 0 Å². The minimum absolute atomic E-state index is 0.121. The molecule has 21 heavy (non-hydrogen) atoms. The number of amides is 1. The molecule has 0 saturated carbocycles. The summed E-state index contributed by atoms with van der Waals surface area (Å²) in [5, 5.41) is 11.7. The quantitative estimate of drug-likeness (QED) is 0.600. The number of aromatic carboxylic acids is 1. The van der Waals surface area contributed by atoms with E-state index < -0.39 is 11.5 Å². The number of carbonyl (C=O) groups is 2. The van der Waals surface area contributed by atoms with E-state index in [0.717, 1.165) is 4.90 Å². The van der Waals surface area contributed by atoms with E-state index in [0.29, 0.717) is 12.8 Å². The van der Waals surface area contributed by atoms with Gasteiger partial charge in [0.25, 0.3) is 0 Å². The number of hydrogen-bond donors (Lipinski definition) is 2. The predicted molar refractivity (Wildman–Crippen MR) is 84.4 cm³/mol. The van der Waals surface area contributed by atoms with Crippen molar-refractivity contribution < 1.29 is 14.7 Å². The van der Waals surface area contributed by atoms with Crippen molar-refractivity contribution in [3.05, 3.63) is 29.8 Å². The van der Waals surface area contributed by atoms with Gasteiger partial charge in [0.05, 0.1) is 11.3 Å². The van der Waals surface area contributed by atoms with E-state index >= 15 is 0 Å². The van der Waals surface area contributed by atoms with Gasteiger partial charge in [-0.25, -0.2) is 4.79 Å². The minimum atomic E-state index is -0.964. The fourth-order valence-corrected chi connectivity index (χ4v) is 2.51. The van der Waals surface area contributed by atoms with Gasteiger partial charge in [-0.1, -0.05) is 19.8 Å². The predicted octanol–water partition coefficient (Wildman–Crippen LogP) is 2.79. The molecule has 0 fully saturated rings. The molecule has 0 aliphatic rings. The largest absolute Gasteiger partial charge is 0.478 e. The Morgan fingerprint density at radius 3 is 2.29 bits per heavy atom. The van der Waals surface area contributed by atoms with E-state index in [1.165, 1.54) is 23.9 Å². The molecule has 2 N–H and O–H groups in total. The summed E-state index contributed by atoms with van der Waals surface area (Å²) in [5.41, 5.74) is -0.350. The number of rotatable bonds is 7. The summed E-state index contributed by atoms with van der Waals surface area (Å²) < 4.78 is 0. The average Bonchev–Trinajstić information content (AvgIpc) is 2.51. The molecule has 4 nitrogen and oxygen atoms in total. The first-order valence-corrected chi connectivity index (χ1v) is 7.70. The van der Waals surface area contributed by atoms with Crippen molar-refractivity contribution in [1.29, 1.82) is 0 Å². The van der Waals surface area contributed by atoms with Gasteiger partial charge in [-0.15, -0.1) is 18.2 Å². The van der Waals surface area contributed by atoms with Gasteiger partial charge in [-0.3, -0.25) is 4.79 Å². The Kier molecular flexibility index (Phi) is 6.32. The SMILES string of the molecule is C#CC(CC)(CC)NC(=O)CSc1ccc(C(=O)O)cc1. The smallest absolute Gasteiger partial charge is 0.335 e. The first kappa shape index (κ1) is 17.1. The van der Waals surface area contributed by atoms with Crippen LogP contribution in [0.15, 0.2) is 29.2 Å². The van der Waals surface area contributed by atoms with Crippen molar-refractivity contribution in [2.75, 3.05) is 5.75 Å². The number of nitrogens with one attached hydrogen (secondary N) is 1. The Labute approximate surface area is 129 Å². The maximum atomic E-state index is 12.0. The van der Waals surface area contributed by atoms with Crippen LogP contribution in [0.2, 0.25) is 0 Å². The molecule has 1 aromatic carbocycles. The second-order valence-corrected chi connectivity index (χ2v) is 5.65. The minimum Gasteiger partial charge on any atom is -0.478 e. The molecule has 0 unspecified atom stereocenters. The third-order valence-corrected chi connectivity index (χ3v) is 4.35. The molecule has 0 radical (unpaired) electrons. The molecule has 1 amide bonds. The van der Waals surface area contributed by atoms with Crippen LogP contribution in [0, 0.1) is 12.3 Å². The molecule has 5 heteroatoms. The standard InChI is InChI=1S/C16H19NO3S/c1-4-16(5-2,6-3)17-14(18)11-21-13-9-7-12(8-10-13)15(19)20/h1,7-10H,5-6,11H2,2-3H3,(H,17,18)(H,19,20). The molecule has 0 heterocycles. The maximum absolute atomic E-state index is 12.0. The molecule has 0 aliphatic heterocycles. The van der Waals surface area contributed by atoms with E-state index in [1.807, 2.05) is 13.8 Å². The Morgan fingerprint density at radius 1 is 1.29 bits per heavy atom. The summed E-state index contributed by atoms with van der Waals surface area (Å²) in [6, 6.07) is 6.42. The summed E-state index contributed by atoms with van der Waals surface area (Å²) >= 11 is 1.35. The van der Waals surface area contributed by atoms with Crippen LogP contribution in [0.1, 0.15) is 37.0 Å². The average molecular weight is 305 g/mol. The van der Waals surface area contributed by atoms with Gasteiger partial charge in [-0.05, 0) is 37.1 Å². The molecule has 0 saturated heterocycles. The van der Waals surface area contributed by atoms with Gasteiger partial charge < -0.3 is 10.4 Å². The lowest BCUT2D eigenvalue weighted by atomic mass is 9.94. The van der Waals surface area contributed by atoms with Gasteiger partial charge >= 0.3 is 5.97 Å². The number of terminal acetylenes is 1. The molecule has 1 rings (SSSR count). The Morgan fingerprint density at radius 2 is 1.86 bits per heavy atom. The fraction of sp³-hybridized carbons (Fsp3) is 0.375. The number of thioether (sulfide) groups is 1. The van der Waals surface area contributed by atoms with Gasteiger partial charge in [0.1, 0.15) is 5.54 Å². The van der Waals surface area contributed by atoms with Crippen LogP contribution in [0.3, 0.4) is 0 Å². The highest BCUT2D eigenvalue weighted by atomic mass is 32.2. The summed E-state index contributed by atoms with van der Waals surface area (Å²) in [6.45, 7) is 3.89. The molecular formula is C16H19NO3S. The lowest BCUT2D eigenvalue weighted by Crippen LogP contribution is -2.47. The summed E-state index contributed by atoms with van der Waals surface area (Å²) in [4.78, 5) is 23.5. The second kappa shape index (κ2) is 7.75. The first-order chi connectivity index (χ1) is 9.96. The van der Waals surface area contributed by atoms with Crippen LogP contribution in [0.25, 0.3) is 0 Å². The number of carboxylic acids is 1. The van der Waals surface area contributed by atoms with Crippen molar-refractivity contribution in [3.63, 3.8) is 0 Å². The third-order valence-electron chi connectivity index (χ3n) is 3.33. The Hall–Kier alpha value is -1.93. The van der Waals surface area contributed by atoms with Crippen LogP contribution >= 0.6 is 11.8 Å². The van der Waals surface area contributed by atoms with Gasteiger partial charge in [-0.2, -0.15) is 0 Å². The lowest BCUT2D eigenvalue weighted by molar-refractivity contribution is -0.119. The van der Waals surface area contributed by atoms with E-state index in [4.69, 9.17) is 11.5 Å².